The number of amides is 4. The summed E-state index contributed by atoms with van der Waals surface area (Å²) in [7, 11) is 2.00. The Morgan fingerprint density at radius 1 is 1.15 bits per heavy atom. The fraction of sp³-hybridized carbons (Fsp3) is 0.536. The zero-order valence-electron chi connectivity index (χ0n) is 22.6. The quantitative estimate of drug-likeness (QED) is 0.529. The Bertz CT molecular complexity index is 1170. The minimum absolute atomic E-state index is 0.0447. The van der Waals surface area contributed by atoms with Crippen LogP contribution in [0.15, 0.2) is 48.2 Å². The highest BCUT2D eigenvalue weighted by atomic mass is 19.4. The first kappa shape index (κ1) is 28.7. The van der Waals surface area contributed by atoms with Gasteiger partial charge in [-0.25, -0.2) is 4.79 Å². The molecule has 3 heterocycles. The molecule has 0 radical (unpaired) electrons. The Labute approximate surface area is 227 Å². The van der Waals surface area contributed by atoms with Gasteiger partial charge in [-0.05, 0) is 44.0 Å². The van der Waals surface area contributed by atoms with Crippen molar-refractivity contribution in [2.45, 2.75) is 44.9 Å². The lowest BCUT2D eigenvalue weighted by molar-refractivity contribution is -0.143. The molecule has 4 amide bonds. The van der Waals surface area contributed by atoms with Crippen molar-refractivity contribution in [3.8, 4) is 0 Å². The first-order valence-electron chi connectivity index (χ1n) is 13.3. The lowest BCUT2D eigenvalue weighted by atomic mass is 9.91. The van der Waals surface area contributed by atoms with Gasteiger partial charge in [0.15, 0.2) is 0 Å². The Hall–Kier alpha value is -3.34. The highest BCUT2D eigenvalue weighted by Crippen LogP contribution is 2.42. The maximum absolute atomic E-state index is 14.1. The van der Waals surface area contributed by atoms with Crippen LogP contribution in [0.4, 0.5) is 18.0 Å². The van der Waals surface area contributed by atoms with Gasteiger partial charge < -0.3 is 20.0 Å². The van der Waals surface area contributed by atoms with Crippen molar-refractivity contribution in [3.05, 3.63) is 59.3 Å². The van der Waals surface area contributed by atoms with Gasteiger partial charge in [0.1, 0.15) is 6.04 Å². The molecule has 39 heavy (non-hydrogen) atoms. The normalized spacial score (nSPS) is 21.7. The largest absolute Gasteiger partial charge is 0.416 e. The summed E-state index contributed by atoms with van der Waals surface area (Å²) in [5.74, 6) is -0.634. The molecule has 2 atom stereocenters. The molecule has 0 bridgehead atoms. The monoisotopic (exact) mass is 547 g/mol. The van der Waals surface area contributed by atoms with Crippen LogP contribution in [0.25, 0.3) is 0 Å². The van der Waals surface area contributed by atoms with E-state index in [1.54, 1.807) is 4.90 Å². The SMILES string of the molecule is C=CCN1C(=O)N[C@@H](c2ccccc2C(F)(F)F)C2=C1CN([C@H](CC(C)C)C(=O)N1CCCN(C)CC1)C2=O. The molecule has 1 fully saturated rings. The lowest BCUT2D eigenvalue weighted by Gasteiger charge is -2.34. The van der Waals surface area contributed by atoms with E-state index < -0.39 is 35.8 Å². The van der Waals surface area contributed by atoms with Crippen LogP contribution >= 0.6 is 0 Å². The molecule has 0 saturated carbocycles. The topological polar surface area (TPSA) is 76.2 Å². The number of hydrogen-bond acceptors (Lipinski definition) is 4. The Kier molecular flexibility index (Phi) is 8.39. The van der Waals surface area contributed by atoms with Crippen molar-refractivity contribution in [1.29, 1.82) is 0 Å². The van der Waals surface area contributed by atoms with Crippen molar-refractivity contribution >= 4 is 17.8 Å². The maximum atomic E-state index is 14.1. The number of likely N-dealkylation sites (N-methyl/N-ethyl adjacent to an activating group) is 1. The van der Waals surface area contributed by atoms with Gasteiger partial charge in [-0.1, -0.05) is 38.1 Å². The van der Waals surface area contributed by atoms with E-state index in [2.05, 4.69) is 16.8 Å². The summed E-state index contributed by atoms with van der Waals surface area (Å²) in [5, 5.41) is 2.62. The maximum Gasteiger partial charge on any atom is 0.416 e. The summed E-state index contributed by atoms with van der Waals surface area (Å²) < 4.78 is 41.9. The number of nitrogens with one attached hydrogen (secondary N) is 1. The Balaban J connectivity index is 1.75. The summed E-state index contributed by atoms with van der Waals surface area (Å²) in [6.07, 6.45) is -1.99. The van der Waals surface area contributed by atoms with Crippen molar-refractivity contribution in [2.24, 2.45) is 5.92 Å². The average Bonchev–Trinajstić information content (AvgIpc) is 3.05. The van der Waals surface area contributed by atoms with Gasteiger partial charge in [0.2, 0.25) is 5.91 Å². The molecule has 3 aliphatic rings. The van der Waals surface area contributed by atoms with Crippen LogP contribution in [0.2, 0.25) is 0 Å². The summed E-state index contributed by atoms with van der Waals surface area (Å²) >= 11 is 0. The number of carbonyl (C=O) groups excluding carboxylic acids is 3. The zero-order valence-corrected chi connectivity index (χ0v) is 22.6. The number of benzene rings is 1. The highest BCUT2D eigenvalue weighted by molar-refractivity contribution is 6.03. The van der Waals surface area contributed by atoms with E-state index in [0.717, 1.165) is 19.0 Å². The van der Waals surface area contributed by atoms with Crippen LogP contribution in [0.3, 0.4) is 0 Å². The van der Waals surface area contributed by atoms with Gasteiger partial charge in [-0.2, -0.15) is 13.2 Å². The summed E-state index contributed by atoms with van der Waals surface area (Å²) in [6, 6.07) is 2.22. The fourth-order valence-corrected chi connectivity index (χ4v) is 5.61. The molecule has 11 heteroatoms. The second kappa shape index (κ2) is 11.4. The third-order valence-corrected chi connectivity index (χ3v) is 7.53. The van der Waals surface area contributed by atoms with Gasteiger partial charge in [-0.3, -0.25) is 14.5 Å². The molecular formula is C28H36F3N5O3. The van der Waals surface area contributed by atoms with E-state index in [9.17, 15) is 27.6 Å². The van der Waals surface area contributed by atoms with E-state index in [0.29, 0.717) is 31.8 Å². The molecule has 0 aliphatic carbocycles. The number of halogens is 3. The number of nitrogens with zero attached hydrogens (tertiary/aromatic N) is 4. The van der Waals surface area contributed by atoms with Crippen LogP contribution in [0, 0.1) is 5.92 Å². The van der Waals surface area contributed by atoms with Crippen LogP contribution < -0.4 is 5.32 Å². The third kappa shape index (κ3) is 5.83. The molecule has 8 nitrogen and oxygen atoms in total. The Morgan fingerprint density at radius 2 is 1.87 bits per heavy atom. The molecular weight excluding hydrogens is 511 g/mol. The standard InChI is InChI=1S/C28H36F3N5O3/c1-5-11-35-22-17-36(21(16-18(2)3)25(37)34-13-8-12-33(4)14-15-34)26(38)23(22)24(32-27(35)39)19-9-6-7-10-20(19)28(29,30)31/h5-7,9-10,18,21,24H,1,8,11-17H2,2-4H3,(H,32,39)/t21-,24+/m1/s1. The third-order valence-electron chi connectivity index (χ3n) is 7.53. The number of urea groups is 1. The number of alkyl halides is 3. The molecule has 0 unspecified atom stereocenters. The molecule has 3 aliphatic heterocycles. The van der Waals surface area contributed by atoms with E-state index in [4.69, 9.17) is 0 Å². The molecule has 1 N–H and O–H groups in total. The van der Waals surface area contributed by atoms with Gasteiger partial charge in [0.05, 0.1) is 29.4 Å². The first-order valence-corrected chi connectivity index (χ1v) is 13.3. The van der Waals surface area contributed by atoms with Crippen molar-refractivity contribution in [2.75, 3.05) is 46.3 Å². The number of carbonyl (C=O) groups is 3. The van der Waals surface area contributed by atoms with Gasteiger partial charge in [0, 0.05) is 26.2 Å². The second-order valence-corrected chi connectivity index (χ2v) is 10.8. The number of hydrogen-bond donors (Lipinski definition) is 1. The van der Waals surface area contributed by atoms with Crippen molar-refractivity contribution < 1.29 is 27.6 Å². The van der Waals surface area contributed by atoms with Gasteiger partial charge in [0.25, 0.3) is 5.91 Å². The second-order valence-electron chi connectivity index (χ2n) is 10.8. The highest BCUT2D eigenvalue weighted by Gasteiger charge is 2.49. The average molecular weight is 548 g/mol. The zero-order chi connectivity index (χ0) is 28.5. The molecule has 0 spiro atoms. The van der Waals surface area contributed by atoms with Crippen LogP contribution in [0.5, 0.6) is 0 Å². The predicted octanol–water partition coefficient (Wildman–Crippen LogP) is 3.63. The molecule has 4 rings (SSSR count). The molecule has 0 aromatic heterocycles. The van der Waals surface area contributed by atoms with Gasteiger partial charge >= 0.3 is 12.2 Å². The minimum Gasteiger partial charge on any atom is -0.340 e. The summed E-state index contributed by atoms with van der Waals surface area (Å²) in [4.78, 5) is 47.8. The van der Waals surface area contributed by atoms with E-state index in [-0.39, 0.29) is 36.1 Å². The summed E-state index contributed by atoms with van der Waals surface area (Å²) in [5.41, 5.74) is -0.760. The molecule has 1 aromatic rings. The van der Waals surface area contributed by atoms with E-state index in [1.165, 1.54) is 34.1 Å². The molecule has 1 saturated heterocycles. The summed E-state index contributed by atoms with van der Waals surface area (Å²) in [6.45, 7) is 10.3. The van der Waals surface area contributed by atoms with E-state index >= 15 is 0 Å². The van der Waals surface area contributed by atoms with Crippen LogP contribution in [-0.4, -0.2) is 89.8 Å². The fourth-order valence-electron chi connectivity index (χ4n) is 5.61. The van der Waals surface area contributed by atoms with Crippen molar-refractivity contribution in [3.63, 3.8) is 0 Å². The number of rotatable bonds is 7. The lowest BCUT2D eigenvalue weighted by Crippen LogP contribution is -2.51. The van der Waals surface area contributed by atoms with Crippen molar-refractivity contribution in [1.82, 2.24) is 24.9 Å². The van der Waals surface area contributed by atoms with Gasteiger partial charge in [-0.15, -0.1) is 6.58 Å². The predicted molar refractivity (Wildman–Crippen MR) is 140 cm³/mol. The van der Waals surface area contributed by atoms with E-state index in [1.807, 2.05) is 20.9 Å². The minimum atomic E-state index is -4.68. The van der Waals surface area contributed by atoms with Crippen LogP contribution in [-0.2, 0) is 15.8 Å². The first-order chi connectivity index (χ1) is 18.4. The van der Waals surface area contributed by atoms with Crippen LogP contribution in [0.1, 0.15) is 43.9 Å². The smallest absolute Gasteiger partial charge is 0.340 e. The molecule has 1 aromatic carbocycles. The Morgan fingerprint density at radius 3 is 2.54 bits per heavy atom. The molecule has 212 valence electrons.